The van der Waals surface area contributed by atoms with Crippen LogP contribution in [-0.4, -0.2) is 16.8 Å². The molecule has 0 aliphatic carbocycles. The molecule has 0 atom stereocenters. The zero-order chi connectivity index (χ0) is 19.6. The lowest BCUT2D eigenvalue weighted by molar-refractivity contribution is -0.137. The number of halogens is 3. The molecule has 1 aliphatic heterocycles. The van der Waals surface area contributed by atoms with E-state index in [4.69, 9.17) is 17.0 Å². The number of alkyl halides is 3. The fourth-order valence-corrected chi connectivity index (χ4v) is 3.79. The summed E-state index contributed by atoms with van der Waals surface area (Å²) in [5.41, 5.74) is 0.0370. The zero-order valence-corrected chi connectivity index (χ0v) is 15.8. The molecule has 2 aromatic carbocycles. The largest absolute Gasteiger partial charge is 0.494 e. The molecule has 1 fully saturated rings. The Labute approximate surface area is 163 Å². The first-order valence-corrected chi connectivity index (χ1v) is 9.20. The summed E-state index contributed by atoms with van der Waals surface area (Å²) in [4.78, 5) is 14.2. The molecule has 0 aromatic heterocycles. The van der Waals surface area contributed by atoms with Gasteiger partial charge in [0.15, 0.2) is 4.32 Å². The normalized spacial score (nSPS) is 16.3. The van der Waals surface area contributed by atoms with Crippen LogP contribution in [0, 0.1) is 0 Å². The van der Waals surface area contributed by atoms with Crippen molar-refractivity contribution in [3.63, 3.8) is 0 Å². The minimum absolute atomic E-state index is 0.0995. The highest BCUT2D eigenvalue weighted by Gasteiger charge is 2.36. The summed E-state index contributed by atoms with van der Waals surface area (Å²) < 4.78 is 44.4. The van der Waals surface area contributed by atoms with Gasteiger partial charge in [0.2, 0.25) is 0 Å². The van der Waals surface area contributed by atoms with E-state index in [2.05, 4.69) is 0 Å². The first-order valence-electron chi connectivity index (χ1n) is 7.97. The lowest BCUT2D eigenvalue weighted by Crippen LogP contribution is -2.27. The number of thiocarbonyl (C=S) groups is 1. The summed E-state index contributed by atoms with van der Waals surface area (Å²) in [6.07, 6.45) is -2.84. The molecular weight excluding hydrogens is 395 g/mol. The first-order chi connectivity index (χ1) is 12.8. The average molecular weight is 409 g/mol. The number of amides is 1. The topological polar surface area (TPSA) is 29.5 Å². The van der Waals surface area contributed by atoms with Gasteiger partial charge < -0.3 is 4.74 Å². The monoisotopic (exact) mass is 409 g/mol. The summed E-state index contributed by atoms with van der Waals surface area (Å²) in [7, 11) is 0. The van der Waals surface area contributed by atoms with Crippen LogP contribution < -0.4 is 9.64 Å². The van der Waals surface area contributed by atoms with Crippen molar-refractivity contribution >= 4 is 46.0 Å². The number of anilines is 1. The van der Waals surface area contributed by atoms with Gasteiger partial charge in [0, 0.05) is 0 Å². The molecule has 1 amide bonds. The second-order valence-corrected chi connectivity index (χ2v) is 7.24. The van der Waals surface area contributed by atoms with Crippen LogP contribution in [0.15, 0.2) is 53.4 Å². The molecule has 3 rings (SSSR count). The third-order valence-corrected chi connectivity index (χ3v) is 5.02. The van der Waals surface area contributed by atoms with Crippen LogP contribution in [0.1, 0.15) is 18.1 Å². The van der Waals surface area contributed by atoms with Crippen LogP contribution in [0.4, 0.5) is 18.9 Å². The molecule has 0 N–H and O–H groups in total. The van der Waals surface area contributed by atoms with Crippen molar-refractivity contribution in [2.24, 2.45) is 0 Å². The molecule has 1 heterocycles. The predicted octanol–water partition coefficient (Wildman–Crippen LogP) is 5.51. The van der Waals surface area contributed by atoms with Crippen molar-refractivity contribution in [3.8, 4) is 5.75 Å². The quantitative estimate of drug-likeness (QED) is 0.492. The highest BCUT2D eigenvalue weighted by atomic mass is 32.2. The van der Waals surface area contributed by atoms with Crippen LogP contribution >= 0.6 is 24.0 Å². The fraction of sp³-hybridized carbons (Fsp3) is 0.158. The number of nitrogens with zero attached hydrogens (tertiary/aromatic N) is 1. The summed E-state index contributed by atoms with van der Waals surface area (Å²) in [5.74, 6) is 0.268. The number of carbonyl (C=O) groups excluding carboxylic acids is 1. The molecule has 1 aliphatic rings. The maximum Gasteiger partial charge on any atom is 0.416 e. The number of hydrogen-bond donors (Lipinski definition) is 0. The molecule has 0 unspecified atom stereocenters. The van der Waals surface area contributed by atoms with Gasteiger partial charge in [-0.25, -0.2) is 0 Å². The fourth-order valence-electron chi connectivity index (χ4n) is 2.49. The highest BCUT2D eigenvalue weighted by Crippen LogP contribution is 2.38. The van der Waals surface area contributed by atoms with Gasteiger partial charge in [-0.05, 0) is 48.9 Å². The number of benzene rings is 2. The minimum atomic E-state index is -4.49. The Morgan fingerprint density at radius 2 is 1.89 bits per heavy atom. The highest BCUT2D eigenvalue weighted by molar-refractivity contribution is 8.27. The molecule has 0 spiro atoms. The van der Waals surface area contributed by atoms with Crippen molar-refractivity contribution in [1.29, 1.82) is 0 Å². The number of ether oxygens (including phenoxy) is 1. The van der Waals surface area contributed by atoms with E-state index >= 15 is 0 Å². The zero-order valence-electron chi connectivity index (χ0n) is 14.1. The standard InChI is InChI=1S/C19H14F3NO2S2/c1-2-25-15-8-6-12(7-9-15)10-16-17(24)23(18(26)27-16)14-5-3-4-13(11-14)19(20,21)22/h3-11H,2H2,1H3/b16-10-. The Morgan fingerprint density at radius 3 is 2.52 bits per heavy atom. The third kappa shape index (κ3) is 4.33. The van der Waals surface area contributed by atoms with E-state index < -0.39 is 17.6 Å². The van der Waals surface area contributed by atoms with Gasteiger partial charge in [0.1, 0.15) is 5.75 Å². The molecule has 0 saturated carbocycles. The molecule has 27 heavy (non-hydrogen) atoms. The van der Waals surface area contributed by atoms with E-state index in [1.54, 1.807) is 30.3 Å². The van der Waals surface area contributed by atoms with Crippen LogP contribution in [0.25, 0.3) is 6.08 Å². The maximum absolute atomic E-state index is 12.9. The smallest absolute Gasteiger partial charge is 0.416 e. The lowest BCUT2D eigenvalue weighted by Gasteiger charge is -2.16. The van der Waals surface area contributed by atoms with Gasteiger partial charge in [-0.1, -0.05) is 42.2 Å². The molecule has 8 heteroatoms. The van der Waals surface area contributed by atoms with E-state index in [1.165, 1.54) is 12.1 Å². The Bertz CT molecular complexity index is 908. The van der Waals surface area contributed by atoms with E-state index in [0.29, 0.717) is 17.3 Å². The van der Waals surface area contributed by atoms with Crippen LogP contribution in [0.5, 0.6) is 5.75 Å². The molecule has 0 bridgehead atoms. The number of rotatable bonds is 4. The van der Waals surface area contributed by atoms with Crippen molar-refractivity contribution in [2.45, 2.75) is 13.1 Å². The van der Waals surface area contributed by atoms with Gasteiger partial charge in [-0.15, -0.1) is 0 Å². The summed E-state index contributed by atoms with van der Waals surface area (Å²) in [6.45, 7) is 2.43. The second kappa shape index (κ2) is 7.74. The second-order valence-electron chi connectivity index (χ2n) is 5.57. The molecule has 140 valence electrons. The van der Waals surface area contributed by atoms with Crippen molar-refractivity contribution in [3.05, 3.63) is 64.6 Å². The van der Waals surface area contributed by atoms with Gasteiger partial charge in [0.25, 0.3) is 5.91 Å². The SMILES string of the molecule is CCOc1ccc(/C=C2\SC(=S)N(c3cccc(C(F)(F)F)c3)C2=O)cc1. The van der Waals surface area contributed by atoms with Crippen molar-refractivity contribution < 1.29 is 22.7 Å². The van der Waals surface area contributed by atoms with Crippen molar-refractivity contribution in [2.75, 3.05) is 11.5 Å². The molecule has 3 nitrogen and oxygen atoms in total. The number of carbonyl (C=O) groups is 1. The average Bonchev–Trinajstić information content (AvgIpc) is 2.90. The molecular formula is C19H14F3NO2S2. The van der Waals surface area contributed by atoms with Crippen LogP contribution in [0.3, 0.4) is 0 Å². The number of hydrogen-bond acceptors (Lipinski definition) is 4. The van der Waals surface area contributed by atoms with E-state index in [-0.39, 0.29) is 10.0 Å². The van der Waals surface area contributed by atoms with Crippen LogP contribution in [0.2, 0.25) is 0 Å². The molecule has 2 aromatic rings. The maximum atomic E-state index is 12.9. The summed E-state index contributed by atoms with van der Waals surface area (Å²) in [5, 5.41) is 0. The first kappa shape index (κ1) is 19.4. The van der Waals surface area contributed by atoms with E-state index in [1.807, 2.05) is 6.92 Å². The Morgan fingerprint density at radius 1 is 1.19 bits per heavy atom. The Kier molecular flexibility index (Phi) is 5.57. The van der Waals surface area contributed by atoms with E-state index in [9.17, 15) is 18.0 Å². The third-order valence-electron chi connectivity index (χ3n) is 3.71. The van der Waals surface area contributed by atoms with Crippen LogP contribution in [-0.2, 0) is 11.0 Å². The van der Waals surface area contributed by atoms with E-state index in [0.717, 1.165) is 34.4 Å². The van der Waals surface area contributed by atoms with Crippen molar-refractivity contribution in [1.82, 2.24) is 0 Å². The molecule has 1 saturated heterocycles. The predicted molar refractivity (Wildman–Crippen MR) is 105 cm³/mol. The van der Waals surface area contributed by atoms with Gasteiger partial charge in [-0.3, -0.25) is 9.69 Å². The Balaban J connectivity index is 1.87. The summed E-state index contributed by atoms with van der Waals surface area (Å²) in [6, 6.07) is 11.7. The molecule has 0 radical (unpaired) electrons. The number of thioether (sulfide) groups is 1. The summed E-state index contributed by atoms with van der Waals surface area (Å²) >= 11 is 6.27. The lowest BCUT2D eigenvalue weighted by atomic mass is 10.1. The Hall–Kier alpha value is -2.32. The van der Waals surface area contributed by atoms with Gasteiger partial charge in [-0.2, -0.15) is 13.2 Å². The van der Waals surface area contributed by atoms with Gasteiger partial charge >= 0.3 is 6.18 Å². The minimum Gasteiger partial charge on any atom is -0.494 e. The van der Waals surface area contributed by atoms with Gasteiger partial charge in [0.05, 0.1) is 22.8 Å².